The van der Waals surface area contributed by atoms with Gasteiger partial charge in [-0.2, -0.15) is 26.3 Å². The first-order chi connectivity index (χ1) is 30.2. The summed E-state index contributed by atoms with van der Waals surface area (Å²) < 4.78 is 118. The molecule has 0 radical (unpaired) electrons. The molecule has 0 amide bonds. The molecule has 0 fully saturated rings. The van der Waals surface area contributed by atoms with Crippen LogP contribution in [0.5, 0.6) is 0 Å². The monoisotopic (exact) mass is 1250 g/mol. The summed E-state index contributed by atoms with van der Waals surface area (Å²) >= 11 is 0. The van der Waals surface area contributed by atoms with E-state index in [0.717, 1.165) is 12.3 Å². The van der Waals surface area contributed by atoms with Gasteiger partial charge < -0.3 is 9.11 Å². The van der Waals surface area contributed by atoms with Crippen LogP contribution >= 0.6 is 31.7 Å². The van der Waals surface area contributed by atoms with Crippen LogP contribution in [0.15, 0.2) is 36.4 Å². The third-order valence-corrected chi connectivity index (χ3v) is 30.1. The van der Waals surface area contributed by atoms with E-state index in [-0.39, 0.29) is 34.1 Å². The zero-order valence-electron chi connectivity index (χ0n) is 48.1. The number of pyridine rings is 2. The standard InChI is InChI=1S/2C24H45NP2.2CHF3O3S.2Cu/c2*1-18(27(23(8,9)10)24(11,12)13)20-16-14-15-19(25-20)17-26(21(2,3)4)22(5,6)7;2*2-1(3,4)8(5,6)7;;/h2*14-16,18H,17H2,1-13H3;2*(H,5,6,7);;/q;;;;2*+1/p+2/t2*18-;;;;/m00..../s1. The summed E-state index contributed by atoms with van der Waals surface area (Å²) in [4.78, 5) is 10.5. The van der Waals surface area contributed by atoms with Gasteiger partial charge in [-0.05, 0) is 204 Å². The van der Waals surface area contributed by atoms with Gasteiger partial charge in [0.05, 0.1) is 76.3 Å². The van der Waals surface area contributed by atoms with Crippen LogP contribution in [0, 0.1) is 0 Å². The van der Waals surface area contributed by atoms with Gasteiger partial charge in [-0.3, -0.25) is 0 Å². The molecule has 0 spiro atoms. The third-order valence-electron chi connectivity index (χ3n) is 11.5. The Balaban J connectivity index is -0.000000482. The largest absolute Gasteiger partial charge is 1.00 e. The Labute approximate surface area is 460 Å². The molecule has 0 bridgehead atoms. The minimum absolute atomic E-state index is 0. The van der Waals surface area contributed by atoms with Gasteiger partial charge in [0.25, 0.3) is 0 Å². The smallest absolute Gasteiger partial charge is 0.741 e. The Kier molecular flexibility index (Phi) is 30.8. The van der Waals surface area contributed by atoms with E-state index >= 15 is 0 Å². The van der Waals surface area contributed by atoms with Crippen LogP contribution in [0.2, 0.25) is 0 Å². The second kappa shape index (κ2) is 28.1. The molecule has 432 valence electrons. The van der Waals surface area contributed by atoms with Gasteiger partial charge in [-0.15, -0.1) is 0 Å². The van der Waals surface area contributed by atoms with Crippen molar-refractivity contribution < 1.29 is 86.4 Å². The molecule has 0 N–H and O–H groups in total. The van der Waals surface area contributed by atoms with Crippen LogP contribution in [0.3, 0.4) is 0 Å². The first-order valence-corrected chi connectivity index (χ1v) is 33.0. The number of nitrogens with zero attached hydrogens (tertiary/aromatic N) is 2. The predicted molar refractivity (Wildman–Crippen MR) is 296 cm³/mol. The predicted octanol–water partition coefficient (Wildman–Crippen LogP) is 16.6. The minimum Gasteiger partial charge on any atom is -0.741 e. The van der Waals surface area contributed by atoms with Crippen molar-refractivity contribution in [2.24, 2.45) is 0 Å². The Bertz CT molecular complexity index is 1960. The van der Waals surface area contributed by atoms with Crippen molar-refractivity contribution in [1.29, 1.82) is 0 Å². The summed E-state index contributed by atoms with van der Waals surface area (Å²) in [6, 6.07) is 13.6. The van der Waals surface area contributed by atoms with E-state index < -0.39 is 62.9 Å². The summed E-state index contributed by atoms with van der Waals surface area (Å²) in [5.74, 6) is 0. The van der Waals surface area contributed by atoms with Crippen molar-refractivity contribution in [3.8, 4) is 0 Å². The Hall–Kier alpha value is 0.459. The van der Waals surface area contributed by atoms with Gasteiger partial charge in [-0.25, -0.2) is 26.8 Å². The molecule has 8 nitrogen and oxygen atoms in total. The maximum Gasteiger partial charge on any atom is 1.00 e. The van der Waals surface area contributed by atoms with E-state index in [4.69, 9.17) is 35.9 Å². The number of alkyl halides is 6. The number of hydrogen-bond acceptors (Lipinski definition) is 8. The van der Waals surface area contributed by atoms with Crippen LogP contribution in [0.4, 0.5) is 26.3 Å². The van der Waals surface area contributed by atoms with Crippen molar-refractivity contribution in [2.45, 2.75) is 256 Å². The van der Waals surface area contributed by atoms with Crippen LogP contribution < -0.4 is 0 Å². The maximum atomic E-state index is 10.7. The zero-order chi connectivity index (χ0) is 56.8. The number of rotatable bonds is 8. The first kappa shape index (κ1) is 78.9. The average Bonchev–Trinajstić information content (AvgIpc) is 3.04. The molecule has 22 heteroatoms. The maximum absolute atomic E-state index is 10.7. The van der Waals surface area contributed by atoms with E-state index in [1.807, 2.05) is 0 Å². The molecule has 0 aromatic carbocycles. The van der Waals surface area contributed by atoms with Crippen LogP contribution in [-0.2, 0) is 66.7 Å². The number of halogens is 6. The third kappa shape index (κ3) is 27.9. The van der Waals surface area contributed by atoms with Crippen LogP contribution in [0.25, 0.3) is 0 Å². The molecule has 2 heterocycles. The van der Waals surface area contributed by atoms with Crippen molar-refractivity contribution in [3.63, 3.8) is 0 Å². The summed E-state index contributed by atoms with van der Waals surface area (Å²) in [6.45, 7) is 62.9. The van der Waals surface area contributed by atoms with Gasteiger partial charge in [-0.1, -0.05) is 12.1 Å². The number of aromatic nitrogens is 2. The summed E-state index contributed by atoms with van der Waals surface area (Å²) in [5, 5.41) is 2.90. The van der Waals surface area contributed by atoms with E-state index in [0.29, 0.717) is 52.6 Å². The molecular weight excluding hydrogens is 1150 g/mol. The fourth-order valence-corrected chi connectivity index (χ4v) is 28.8. The van der Waals surface area contributed by atoms with E-state index in [9.17, 15) is 26.3 Å². The Morgan fingerprint density at radius 2 is 0.597 bits per heavy atom. The first-order valence-electron chi connectivity index (χ1n) is 23.6. The number of hydrogen-bond donors (Lipinski definition) is 0. The normalized spacial score (nSPS) is 14.8. The molecule has 2 aromatic heterocycles. The molecule has 0 saturated heterocycles. The van der Waals surface area contributed by atoms with Gasteiger partial charge in [0.1, 0.15) is 11.3 Å². The van der Waals surface area contributed by atoms with Crippen LogP contribution in [0.1, 0.15) is 214 Å². The quantitative estimate of drug-likeness (QED) is 0.0837. The fourth-order valence-electron chi connectivity index (χ4n) is 10.5. The summed E-state index contributed by atoms with van der Waals surface area (Å²) in [6.07, 6.45) is 2.32. The Morgan fingerprint density at radius 3 is 0.736 bits per heavy atom. The van der Waals surface area contributed by atoms with Gasteiger partial charge in [0.2, 0.25) is 0 Å². The van der Waals surface area contributed by atoms with E-state index in [1.165, 1.54) is 22.8 Å². The molecule has 72 heavy (non-hydrogen) atoms. The van der Waals surface area contributed by atoms with Crippen LogP contribution in [-0.4, -0.2) is 88.2 Å². The van der Waals surface area contributed by atoms with Crippen molar-refractivity contribution >= 4 is 51.9 Å². The van der Waals surface area contributed by atoms with Crippen molar-refractivity contribution in [2.75, 3.05) is 0 Å². The van der Waals surface area contributed by atoms with Gasteiger partial charge >= 0.3 is 45.2 Å². The summed E-state index contributed by atoms with van der Waals surface area (Å²) in [7, 11) is -14.7. The molecule has 0 aliphatic heterocycles. The second-order valence-corrected chi connectivity index (χ2v) is 47.2. The fraction of sp³-hybridized carbons (Fsp3) is 0.800. The van der Waals surface area contributed by atoms with Crippen molar-refractivity contribution in [3.05, 3.63) is 59.2 Å². The van der Waals surface area contributed by atoms with Gasteiger partial charge in [0.15, 0.2) is 20.2 Å². The van der Waals surface area contributed by atoms with E-state index in [2.05, 4.69) is 216 Å². The second-order valence-electron chi connectivity index (χ2n) is 26.5. The Morgan fingerprint density at radius 1 is 0.417 bits per heavy atom. The molecule has 2 aromatic rings. The topological polar surface area (TPSA) is 140 Å². The molecule has 2 rings (SSSR count). The molecule has 0 aliphatic rings. The average molecular weight is 1250 g/mol. The molecule has 0 saturated carbocycles. The minimum atomic E-state index is -6.09. The molecule has 0 aliphatic carbocycles. The molecule has 0 unspecified atom stereocenters. The van der Waals surface area contributed by atoms with E-state index in [1.54, 1.807) is 0 Å². The van der Waals surface area contributed by atoms with Crippen molar-refractivity contribution in [1.82, 2.24) is 9.97 Å². The zero-order valence-corrected chi connectivity index (χ0v) is 55.6. The SMILES string of the molecule is C[C@@H](c1cccc(C[PH+](C(C)(C)C)C(C)(C)C)n1)[PH+](C(C)(C)C)C(C)(C)C.C[C@@H](c1cccc(C[PH+](C(C)(C)C)C(C)(C)C)n1)[PH+](C(C)(C)C)C(C)(C)C.O=S(=O)([O-])C(F)(F)F.O=S(=O)([O-])C(F)(F)F.[Cu+].[Cu+]. The van der Waals surface area contributed by atoms with Gasteiger partial charge in [0, 0.05) is 31.7 Å². The molecule has 2 atom stereocenters. The molecular formula is C50H94Cu2F6N2O6P4S2+4. The summed E-state index contributed by atoms with van der Waals surface area (Å²) in [5.41, 5.74) is -4.94.